The molecule has 5 heteroatoms. The van der Waals surface area contributed by atoms with E-state index in [0.29, 0.717) is 12.6 Å². The molecule has 0 radical (unpaired) electrons. The van der Waals surface area contributed by atoms with Crippen LogP contribution in [-0.4, -0.2) is 65.8 Å². The van der Waals surface area contributed by atoms with Gasteiger partial charge in [-0.2, -0.15) is 0 Å². The quantitative estimate of drug-likeness (QED) is 0.817. The molecule has 0 aromatic heterocycles. The number of piperidine rings is 1. The van der Waals surface area contributed by atoms with E-state index >= 15 is 0 Å². The van der Waals surface area contributed by atoms with Gasteiger partial charge in [0.1, 0.15) is 0 Å². The van der Waals surface area contributed by atoms with Crippen molar-refractivity contribution in [1.82, 2.24) is 15.1 Å². The van der Waals surface area contributed by atoms with E-state index in [0.717, 1.165) is 38.4 Å². The lowest BCUT2D eigenvalue weighted by molar-refractivity contribution is 0.135. The van der Waals surface area contributed by atoms with E-state index in [9.17, 15) is 9.90 Å². The average Bonchev–Trinajstić information content (AvgIpc) is 2.93. The van der Waals surface area contributed by atoms with Gasteiger partial charge in [0.25, 0.3) is 0 Å². The highest BCUT2D eigenvalue weighted by Crippen LogP contribution is 2.18. The number of nitrogens with zero attached hydrogens (tertiary/aromatic N) is 2. The molecule has 2 rings (SSSR count). The summed E-state index contributed by atoms with van der Waals surface area (Å²) >= 11 is 0. The Balaban J connectivity index is 1.72. The van der Waals surface area contributed by atoms with Crippen molar-refractivity contribution in [1.29, 1.82) is 0 Å². The minimum atomic E-state index is -0.0150. The van der Waals surface area contributed by atoms with Crippen molar-refractivity contribution in [3.05, 3.63) is 0 Å². The number of hydrogen-bond acceptors (Lipinski definition) is 3. The smallest absolute Gasteiger partial charge is 0.317 e. The highest BCUT2D eigenvalue weighted by molar-refractivity contribution is 5.74. The Kier molecular flexibility index (Phi) is 5.66. The number of hydrogen-bond donors (Lipinski definition) is 2. The third-order valence-corrected chi connectivity index (χ3v) is 4.84. The molecule has 2 saturated heterocycles. The van der Waals surface area contributed by atoms with Gasteiger partial charge in [-0.1, -0.05) is 6.92 Å². The van der Waals surface area contributed by atoms with Crippen molar-refractivity contribution in [2.24, 2.45) is 5.92 Å². The van der Waals surface area contributed by atoms with Crippen LogP contribution in [0.5, 0.6) is 0 Å². The lowest BCUT2D eigenvalue weighted by Gasteiger charge is -2.35. The number of aliphatic hydroxyl groups is 1. The molecule has 0 spiro atoms. The predicted molar refractivity (Wildman–Crippen MR) is 79.6 cm³/mol. The van der Waals surface area contributed by atoms with Crippen molar-refractivity contribution < 1.29 is 9.90 Å². The molecule has 2 unspecified atom stereocenters. The molecule has 2 heterocycles. The summed E-state index contributed by atoms with van der Waals surface area (Å²) in [5, 5.41) is 12.3. The molecule has 2 atom stereocenters. The largest absolute Gasteiger partial charge is 0.394 e. The van der Waals surface area contributed by atoms with Crippen LogP contribution in [0.25, 0.3) is 0 Å². The number of nitrogens with one attached hydrogen (secondary N) is 1. The van der Waals surface area contributed by atoms with Gasteiger partial charge in [0.05, 0.1) is 12.6 Å². The summed E-state index contributed by atoms with van der Waals surface area (Å²) in [6.07, 6.45) is 4.44. The number of amides is 2. The van der Waals surface area contributed by atoms with Crippen LogP contribution >= 0.6 is 0 Å². The third kappa shape index (κ3) is 3.85. The first kappa shape index (κ1) is 15.6. The fraction of sp³-hybridized carbons (Fsp3) is 0.933. The van der Waals surface area contributed by atoms with Gasteiger partial charge in [-0.05, 0) is 51.6 Å². The van der Waals surface area contributed by atoms with E-state index in [1.807, 2.05) is 0 Å². The normalized spacial score (nSPS) is 26.8. The molecule has 0 aliphatic carbocycles. The summed E-state index contributed by atoms with van der Waals surface area (Å²) in [5.41, 5.74) is 0. The van der Waals surface area contributed by atoms with Crippen LogP contribution < -0.4 is 5.32 Å². The number of rotatable bonds is 4. The maximum atomic E-state index is 12.1. The van der Waals surface area contributed by atoms with E-state index in [-0.39, 0.29) is 18.7 Å². The van der Waals surface area contributed by atoms with E-state index in [1.165, 1.54) is 12.8 Å². The maximum Gasteiger partial charge on any atom is 0.317 e. The lowest BCUT2D eigenvalue weighted by Crippen LogP contribution is -2.50. The Morgan fingerprint density at radius 3 is 2.65 bits per heavy atom. The highest BCUT2D eigenvalue weighted by Gasteiger charge is 2.28. The van der Waals surface area contributed by atoms with Gasteiger partial charge >= 0.3 is 6.03 Å². The monoisotopic (exact) mass is 283 g/mol. The molecule has 2 aliphatic rings. The summed E-state index contributed by atoms with van der Waals surface area (Å²) in [7, 11) is 0. The number of likely N-dealkylation sites (tertiary alicyclic amines) is 2. The van der Waals surface area contributed by atoms with E-state index in [1.54, 1.807) is 4.90 Å². The zero-order valence-electron chi connectivity index (χ0n) is 12.8. The molecular weight excluding hydrogens is 254 g/mol. The SMILES string of the molecule is CC1CCN(C(C)CNC(=O)N2CCCC2CO)CC1. The lowest BCUT2D eigenvalue weighted by atomic mass is 9.98. The Morgan fingerprint density at radius 2 is 2.00 bits per heavy atom. The molecule has 5 nitrogen and oxygen atoms in total. The van der Waals surface area contributed by atoms with E-state index in [4.69, 9.17) is 0 Å². The van der Waals surface area contributed by atoms with Crippen molar-refractivity contribution in [3.8, 4) is 0 Å². The summed E-state index contributed by atoms with van der Waals surface area (Å²) in [4.78, 5) is 16.4. The van der Waals surface area contributed by atoms with Crippen molar-refractivity contribution in [3.63, 3.8) is 0 Å². The van der Waals surface area contributed by atoms with Crippen LogP contribution in [0.1, 0.15) is 39.5 Å². The second-order valence-electron chi connectivity index (χ2n) is 6.43. The van der Waals surface area contributed by atoms with Gasteiger partial charge in [-0.15, -0.1) is 0 Å². The van der Waals surface area contributed by atoms with Crippen LogP contribution in [-0.2, 0) is 0 Å². The number of aliphatic hydroxyl groups excluding tert-OH is 1. The van der Waals surface area contributed by atoms with E-state index in [2.05, 4.69) is 24.1 Å². The zero-order chi connectivity index (χ0) is 14.5. The summed E-state index contributed by atoms with van der Waals surface area (Å²) < 4.78 is 0. The Morgan fingerprint density at radius 1 is 1.30 bits per heavy atom. The summed E-state index contributed by atoms with van der Waals surface area (Å²) in [5.74, 6) is 0.836. The molecule has 116 valence electrons. The first-order valence-corrected chi connectivity index (χ1v) is 8.01. The molecule has 20 heavy (non-hydrogen) atoms. The Hall–Kier alpha value is -0.810. The Labute approximate surface area is 122 Å². The minimum Gasteiger partial charge on any atom is -0.394 e. The van der Waals surface area contributed by atoms with Crippen LogP contribution in [0, 0.1) is 5.92 Å². The fourth-order valence-corrected chi connectivity index (χ4v) is 3.23. The summed E-state index contributed by atoms with van der Waals surface area (Å²) in [6, 6.07) is 0.390. The third-order valence-electron chi connectivity index (χ3n) is 4.84. The molecule has 2 fully saturated rings. The molecule has 0 aromatic rings. The van der Waals surface area contributed by atoms with Crippen molar-refractivity contribution in [2.45, 2.75) is 51.6 Å². The molecule has 0 aromatic carbocycles. The molecular formula is C15H29N3O2. The molecule has 0 saturated carbocycles. The topological polar surface area (TPSA) is 55.8 Å². The van der Waals surface area contributed by atoms with Crippen molar-refractivity contribution in [2.75, 3.05) is 32.8 Å². The standard InChI is InChI=1S/C15H29N3O2/c1-12-5-8-17(9-6-12)13(2)10-16-15(20)18-7-3-4-14(18)11-19/h12-14,19H,3-11H2,1-2H3,(H,16,20). The predicted octanol–water partition coefficient (Wildman–Crippen LogP) is 1.27. The van der Waals surface area contributed by atoms with Gasteiger partial charge in [-0.25, -0.2) is 4.79 Å². The minimum absolute atomic E-state index is 0.0149. The van der Waals surface area contributed by atoms with Crippen LogP contribution in [0.3, 0.4) is 0 Å². The average molecular weight is 283 g/mol. The number of carbonyl (C=O) groups is 1. The highest BCUT2D eigenvalue weighted by atomic mass is 16.3. The van der Waals surface area contributed by atoms with Gasteiger partial charge in [0, 0.05) is 19.1 Å². The van der Waals surface area contributed by atoms with Crippen LogP contribution in [0.4, 0.5) is 4.79 Å². The fourth-order valence-electron chi connectivity index (χ4n) is 3.23. The van der Waals surface area contributed by atoms with Gasteiger partial charge in [-0.3, -0.25) is 4.90 Å². The van der Waals surface area contributed by atoms with Crippen LogP contribution in [0.15, 0.2) is 0 Å². The van der Waals surface area contributed by atoms with Crippen LogP contribution in [0.2, 0.25) is 0 Å². The zero-order valence-corrected chi connectivity index (χ0v) is 12.8. The maximum absolute atomic E-state index is 12.1. The summed E-state index contributed by atoms with van der Waals surface area (Å²) in [6.45, 7) is 8.32. The second-order valence-corrected chi connectivity index (χ2v) is 6.43. The second kappa shape index (κ2) is 7.27. The van der Waals surface area contributed by atoms with E-state index < -0.39 is 0 Å². The first-order chi connectivity index (χ1) is 9.61. The van der Waals surface area contributed by atoms with Gasteiger partial charge < -0.3 is 15.3 Å². The number of carbonyl (C=O) groups excluding carboxylic acids is 1. The molecule has 2 aliphatic heterocycles. The molecule has 2 N–H and O–H groups in total. The number of urea groups is 1. The van der Waals surface area contributed by atoms with Gasteiger partial charge in [0.2, 0.25) is 0 Å². The molecule has 0 bridgehead atoms. The van der Waals surface area contributed by atoms with Gasteiger partial charge in [0.15, 0.2) is 0 Å². The Bertz CT molecular complexity index is 316. The first-order valence-electron chi connectivity index (χ1n) is 8.01. The van der Waals surface area contributed by atoms with Crippen molar-refractivity contribution >= 4 is 6.03 Å². The molecule has 2 amide bonds.